The number of aromatic nitrogens is 1. The van der Waals surface area contributed by atoms with Crippen LogP contribution in [0.4, 0.5) is 0 Å². The molecule has 2 aromatic rings. The molecule has 1 aromatic carbocycles. The van der Waals surface area contributed by atoms with Gasteiger partial charge < -0.3 is 14.8 Å². The second-order valence-corrected chi connectivity index (χ2v) is 4.71. The van der Waals surface area contributed by atoms with Crippen molar-refractivity contribution in [2.75, 3.05) is 26.9 Å². The monoisotopic (exact) mass is 258 g/mol. The summed E-state index contributed by atoms with van der Waals surface area (Å²) in [5, 5.41) is 4.46. The van der Waals surface area contributed by atoms with Crippen molar-refractivity contribution in [3.8, 4) is 0 Å². The largest absolute Gasteiger partial charge is 0.376 e. The molecule has 0 bridgehead atoms. The number of ether oxygens (including phenoxy) is 2. The van der Waals surface area contributed by atoms with Gasteiger partial charge in [0.05, 0.1) is 31.4 Å². The summed E-state index contributed by atoms with van der Waals surface area (Å²) in [7, 11) is 1.94. The first-order valence-electron chi connectivity index (χ1n) is 6.60. The van der Waals surface area contributed by atoms with Crippen molar-refractivity contribution in [1.82, 2.24) is 10.3 Å². The third-order valence-corrected chi connectivity index (χ3v) is 3.50. The Bertz CT molecular complexity index is 553. The number of benzene rings is 1. The fourth-order valence-electron chi connectivity index (χ4n) is 2.52. The number of nitrogens with one attached hydrogen (secondary N) is 1. The Hall–Kier alpha value is -1.49. The van der Waals surface area contributed by atoms with Gasteiger partial charge in [-0.05, 0) is 24.7 Å². The Morgan fingerprint density at radius 3 is 3.00 bits per heavy atom. The lowest BCUT2D eigenvalue weighted by atomic mass is 10.0. The van der Waals surface area contributed by atoms with E-state index in [1.807, 2.05) is 31.4 Å². The normalized spacial score (nSPS) is 21.4. The first-order valence-corrected chi connectivity index (χ1v) is 6.60. The molecule has 100 valence electrons. The van der Waals surface area contributed by atoms with Crippen LogP contribution < -0.4 is 5.32 Å². The van der Waals surface area contributed by atoms with Gasteiger partial charge in [-0.15, -0.1) is 0 Å². The molecule has 19 heavy (non-hydrogen) atoms. The van der Waals surface area contributed by atoms with Crippen LogP contribution in [0.3, 0.4) is 0 Å². The fourth-order valence-corrected chi connectivity index (χ4v) is 2.52. The predicted molar refractivity (Wildman–Crippen MR) is 74.1 cm³/mol. The van der Waals surface area contributed by atoms with Crippen LogP contribution in [0.1, 0.15) is 11.6 Å². The summed E-state index contributed by atoms with van der Waals surface area (Å²) in [6.45, 7) is 1.96. The number of para-hydroxylation sites is 1. The van der Waals surface area contributed by atoms with E-state index in [-0.39, 0.29) is 12.1 Å². The summed E-state index contributed by atoms with van der Waals surface area (Å²) < 4.78 is 11.3. The highest BCUT2D eigenvalue weighted by Crippen LogP contribution is 2.23. The Morgan fingerprint density at radius 2 is 2.21 bits per heavy atom. The zero-order valence-corrected chi connectivity index (χ0v) is 11.0. The number of likely N-dealkylation sites (N-methyl/N-ethyl adjacent to an activating group) is 1. The van der Waals surface area contributed by atoms with Gasteiger partial charge in [-0.3, -0.25) is 4.98 Å². The van der Waals surface area contributed by atoms with E-state index in [4.69, 9.17) is 9.47 Å². The number of hydrogen-bond acceptors (Lipinski definition) is 4. The Kier molecular flexibility index (Phi) is 3.73. The molecule has 1 aromatic heterocycles. The first kappa shape index (κ1) is 12.5. The van der Waals surface area contributed by atoms with E-state index >= 15 is 0 Å². The second kappa shape index (κ2) is 5.65. The van der Waals surface area contributed by atoms with Crippen molar-refractivity contribution < 1.29 is 9.47 Å². The topological polar surface area (TPSA) is 43.4 Å². The SMILES string of the molecule is CNC(c1cnc2ccccc2c1)C1COCCO1. The summed E-state index contributed by atoms with van der Waals surface area (Å²) in [5.41, 5.74) is 2.15. The molecule has 1 N–H and O–H groups in total. The highest BCUT2D eigenvalue weighted by molar-refractivity contribution is 5.78. The molecule has 4 nitrogen and oxygen atoms in total. The Labute approximate surface area is 112 Å². The minimum Gasteiger partial charge on any atom is -0.376 e. The van der Waals surface area contributed by atoms with E-state index in [0.717, 1.165) is 16.5 Å². The van der Waals surface area contributed by atoms with E-state index in [9.17, 15) is 0 Å². The van der Waals surface area contributed by atoms with Crippen molar-refractivity contribution in [2.24, 2.45) is 0 Å². The van der Waals surface area contributed by atoms with Gasteiger partial charge in [0.15, 0.2) is 0 Å². The minimum absolute atomic E-state index is 0.0433. The molecule has 2 atom stereocenters. The lowest BCUT2D eigenvalue weighted by Gasteiger charge is -2.30. The maximum Gasteiger partial charge on any atom is 0.100 e. The van der Waals surface area contributed by atoms with Crippen molar-refractivity contribution >= 4 is 10.9 Å². The van der Waals surface area contributed by atoms with Crippen LogP contribution in [0.15, 0.2) is 36.5 Å². The van der Waals surface area contributed by atoms with E-state index in [1.54, 1.807) is 0 Å². The summed E-state index contributed by atoms with van der Waals surface area (Å²) in [6, 6.07) is 10.4. The van der Waals surface area contributed by atoms with Crippen LogP contribution >= 0.6 is 0 Å². The van der Waals surface area contributed by atoms with Crippen molar-refractivity contribution in [3.63, 3.8) is 0 Å². The molecule has 1 aliphatic heterocycles. The lowest BCUT2D eigenvalue weighted by molar-refractivity contribution is -0.101. The fraction of sp³-hybridized carbons (Fsp3) is 0.400. The summed E-state index contributed by atoms with van der Waals surface area (Å²) in [5.74, 6) is 0. The van der Waals surface area contributed by atoms with Gasteiger partial charge in [-0.25, -0.2) is 0 Å². The Balaban J connectivity index is 1.91. The van der Waals surface area contributed by atoms with Gasteiger partial charge in [0.25, 0.3) is 0 Å². The number of rotatable bonds is 3. The van der Waals surface area contributed by atoms with Crippen LogP contribution in [0.2, 0.25) is 0 Å². The molecule has 0 amide bonds. The van der Waals surface area contributed by atoms with Crippen LogP contribution in [0.5, 0.6) is 0 Å². The van der Waals surface area contributed by atoms with Crippen LogP contribution in [-0.2, 0) is 9.47 Å². The summed E-state index contributed by atoms with van der Waals surface area (Å²) >= 11 is 0. The molecule has 0 spiro atoms. The molecule has 1 saturated heterocycles. The molecule has 0 radical (unpaired) electrons. The van der Waals surface area contributed by atoms with Gasteiger partial charge in [0, 0.05) is 11.6 Å². The predicted octanol–water partition coefficient (Wildman–Crippen LogP) is 1.91. The van der Waals surface area contributed by atoms with Crippen molar-refractivity contribution in [2.45, 2.75) is 12.1 Å². The van der Waals surface area contributed by atoms with E-state index in [1.165, 1.54) is 0 Å². The highest BCUT2D eigenvalue weighted by atomic mass is 16.6. The Morgan fingerprint density at radius 1 is 1.32 bits per heavy atom. The number of nitrogens with zero attached hydrogens (tertiary/aromatic N) is 1. The molecule has 2 unspecified atom stereocenters. The molecule has 4 heteroatoms. The van der Waals surface area contributed by atoms with Crippen LogP contribution in [0, 0.1) is 0 Å². The van der Waals surface area contributed by atoms with Gasteiger partial charge in [-0.1, -0.05) is 18.2 Å². The smallest absolute Gasteiger partial charge is 0.100 e. The summed E-state index contributed by atoms with van der Waals surface area (Å²) in [6.07, 6.45) is 1.96. The van der Waals surface area contributed by atoms with E-state index in [0.29, 0.717) is 19.8 Å². The molecule has 0 aliphatic carbocycles. The maximum atomic E-state index is 5.78. The minimum atomic E-state index is 0.0433. The zero-order chi connectivity index (χ0) is 13.1. The van der Waals surface area contributed by atoms with Gasteiger partial charge in [-0.2, -0.15) is 0 Å². The van der Waals surface area contributed by atoms with E-state index < -0.39 is 0 Å². The second-order valence-electron chi connectivity index (χ2n) is 4.71. The van der Waals surface area contributed by atoms with Crippen LogP contribution in [0.25, 0.3) is 10.9 Å². The number of pyridine rings is 1. The van der Waals surface area contributed by atoms with Gasteiger partial charge in [0.2, 0.25) is 0 Å². The maximum absolute atomic E-state index is 5.78. The van der Waals surface area contributed by atoms with Crippen molar-refractivity contribution in [3.05, 3.63) is 42.1 Å². The number of fused-ring (bicyclic) bond motifs is 1. The molecule has 1 fully saturated rings. The van der Waals surface area contributed by atoms with Gasteiger partial charge >= 0.3 is 0 Å². The molecular formula is C15H18N2O2. The molecule has 1 aliphatic rings. The molecular weight excluding hydrogens is 240 g/mol. The molecule has 2 heterocycles. The quantitative estimate of drug-likeness (QED) is 0.913. The zero-order valence-electron chi connectivity index (χ0n) is 11.0. The standard InChI is InChI=1S/C15H18N2O2/c1-16-15(14-10-18-6-7-19-14)12-8-11-4-2-3-5-13(11)17-9-12/h2-5,8-9,14-16H,6-7,10H2,1H3. The summed E-state index contributed by atoms with van der Waals surface area (Å²) in [4.78, 5) is 4.51. The van der Waals surface area contributed by atoms with Crippen LogP contribution in [-0.4, -0.2) is 38.0 Å². The highest BCUT2D eigenvalue weighted by Gasteiger charge is 2.25. The average molecular weight is 258 g/mol. The first-order chi connectivity index (χ1) is 9.38. The van der Waals surface area contributed by atoms with E-state index in [2.05, 4.69) is 22.4 Å². The third kappa shape index (κ3) is 2.61. The van der Waals surface area contributed by atoms with Crippen molar-refractivity contribution in [1.29, 1.82) is 0 Å². The molecule has 3 rings (SSSR count). The average Bonchev–Trinajstić information content (AvgIpc) is 2.49. The third-order valence-electron chi connectivity index (χ3n) is 3.50. The lowest BCUT2D eigenvalue weighted by Crippen LogP contribution is -2.39. The number of hydrogen-bond donors (Lipinski definition) is 1. The van der Waals surface area contributed by atoms with Gasteiger partial charge in [0.1, 0.15) is 6.10 Å². The molecule has 0 saturated carbocycles.